The van der Waals surface area contributed by atoms with Crippen molar-refractivity contribution in [2.24, 2.45) is 0 Å². The summed E-state index contributed by atoms with van der Waals surface area (Å²) in [5.41, 5.74) is 0.412. The monoisotopic (exact) mass is 185 g/mol. The van der Waals surface area contributed by atoms with E-state index in [9.17, 15) is 0 Å². The normalized spacial score (nSPS) is 8.64. The smallest absolute Gasteiger partial charge is 0.176 e. The molecule has 0 atom stereocenters. The Balaban J connectivity index is 2.80. The van der Waals surface area contributed by atoms with Crippen molar-refractivity contribution in [3.8, 4) is 18.2 Å². The van der Waals surface area contributed by atoms with Crippen LogP contribution in [0.2, 0.25) is 0 Å². The average molecular weight is 185 g/mol. The number of imidazole rings is 1. The van der Waals surface area contributed by atoms with Crippen molar-refractivity contribution in [3.63, 3.8) is 0 Å². The molecule has 68 valence electrons. The first kappa shape index (κ1) is 9.77. The van der Waals surface area contributed by atoms with E-state index in [4.69, 9.17) is 15.8 Å². The fraction of sp³-hybridized carbons (Fsp3) is 0.333. The molecule has 0 spiro atoms. The van der Waals surface area contributed by atoms with Crippen molar-refractivity contribution in [2.75, 3.05) is 0 Å². The molecular weight excluding hydrogens is 178 g/mol. The van der Waals surface area contributed by atoms with E-state index in [1.165, 1.54) is 6.33 Å². The molecule has 0 aliphatic rings. The SMILES string of the molecule is N#CCCCn1cnc(C#N)c1C#N. The van der Waals surface area contributed by atoms with Crippen LogP contribution in [-0.4, -0.2) is 9.55 Å². The van der Waals surface area contributed by atoms with E-state index < -0.39 is 0 Å². The predicted octanol–water partition coefficient (Wildman–Crippen LogP) is 0.930. The van der Waals surface area contributed by atoms with Gasteiger partial charge in [0.15, 0.2) is 11.4 Å². The second kappa shape index (κ2) is 4.64. The molecule has 1 aromatic rings. The topological polar surface area (TPSA) is 89.2 Å². The van der Waals surface area contributed by atoms with Gasteiger partial charge in [0.25, 0.3) is 0 Å². The van der Waals surface area contributed by atoms with E-state index in [2.05, 4.69) is 4.98 Å². The number of aryl methyl sites for hydroxylation is 1. The van der Waals surface area contributed by atoms with Gasteiger partial charge in [-0.25, -0.2) is 4.98 Å². The summed E-state index contributed by atoms with van der Waals surface area (Å²) < 4.78 is 1.59. The number of hydrogen-bond donors (Lipinski definition) is 0. The number of unbranched alkanes of at least 4 members (excludes halogenated alkanes) is 1. The third kappa shape index (κ3) is 1.88. The predicted molar refractivity (Wildman–Crippen MR) is 46.5 cm³/mol. The summed E-state index contributed by atoms with van der Waals surface area (Å²) in [5, 5.41) is 25.7. The minimum atomic E-state index is 0.143. The molecule has 0 saturated carbocycles. The molecule has 1 rings (SSSR count). The number of hydrogen-bond acceptors (Lipinski definition) is 4. The lowest BCUT2D eigenvalue weighted by molar-refractivity contribution is 0.646. The molecule has 0 aliphatic heterocycles. The zero-order valence-electron chi connectivity index (χ0n) is 7.43. The highest BCUT2D eigenvalue weighted by Gasteiger charge is 2.08. The molecule has 1 aromatic heterocycles. The Morgan fingerprint density at radius 2 is 2.07 bits per heavy atom. The molecule has 5 heteroatoms. The molecule has 0 bridgehead atoms. The van der Waals surface area contributed by atoms with Gasteiger partial charge in [-0.15, -0.1) is 0 Å². The van der Waals surface area contributed by atoms with E-state index >= 15 is 0 Å². The molecule has 1 heterocycles. The number of aromatic nitrogens is 2. The molecular formula is C9H7N5. The van der Waals surface area contributed by atoms with Crippen molar-refractivity contribution >= 4 is 0 Å². The van der Waals surface area contributed by atoms with Gasteiger partial charge in [-0.1, -0.05) is 0 Å². The van der Waals surface area contributed by atoms with Gasteiger partial charge < -0.3 is 4.57 Å². The van der Waals surface area contributed by atoms with Gasteiger partial charge in [0.05, 0.1) is 12.4 Å². The first-order chi connectivity index (χ1) is 6.83. The van der Waals surface area contributed by atoms with Crippen molar-refractivity contribution in [3.05, 3.63) is 17.7 Å². The second-order valence-corrected chi connectivity index (χ2v) is 2.62. The Morgan fingerprint density at radius 3 is 2.64 bits per heavy atom. The number of nitrogens with zero attached hydrogens (tertiary/aromatic N) is 5. The fourth-order valence-electron chi connectivity index (χ4n) is 1.08. The minimum absolute atomic E-state index is 0.143. The van der Waals surface area contributed by atoms with Crippen LogP contribution in [0.5, 0.6) is 0 Å². The molecule has 0 saturated heterocycles. The van der Waals surface area contributed by atoms with Crippen molar-refractivity contribution < 1.29 is 0 Å². The molecule has 0 N–H and O–H groups in total. The van der Waals surface area contributed by atoms with Crippen LogP contribution in [0.3, 0.4) is 0 Å². The lowest BCUT2D eigenvalue weighted by Crippen LogP contribution is -1.99. The first-order valence-corrected chi connectivity index (χ1v) is 4.05. The standard InChI is InChI=1S/C9H7N5/c10-3-1-2-4-14-7-13-8(5-11)9(14)6-12/h7H,1-2,4H2. The summed E-state index contributed by atoms with van der Waals surface area (Å²) in [5.74, 6) is 0. The number of rotatable bonds is 3. The maximum Gasteiger partial charge on any atom is 0.176 e. The Kier molecular flexibility index (Phi) is 3.24. The molecule has 0 fully saturated rings. The van der Waals surface area contributed by atoms with E-state index in [-0.39, 0.29) is 11.4 Å². The zero-order chi connectivity index (χ0) is 10.4. The van der Waals surface area contributed by atoms with Gasteiger partial charge in [-0.3, -0.25) is 0 Å². The molecule has 5 nitrogen and oxygen atoms in total. The summed E-state index contributed by atoms with van der Waals surface area (Å²) >= 11 is 0. The van der Waals surface area contributed by atoms with Crippen molar-refractivity contribution in [1.29, 1.82) is 15.8 Å². The Morgan fingerprint density at radius 1 is 1.29 bits per heavy atom. The third-order valence-electron chi connectivity index (χ3n) is 1.74. The van der Waals surface area contributed by atoms with Crippen LogP contribution in [0.25, 0.3) is 0 Å². The molecule has 0 amide bonds. The lowest BCUT2D eigenvalue weighted by atomic mass is 10.3. The summed E-state index contributed by atoms with van der Waals surface area (Å²) in [7, 11) is 0. The average Bonchev–Trinajstić information content (AvgIpc) is 2.60. The van der Waals surface area contributed by atoms with Crippen LogP contribution >= 0.6 is 0 Å². The molecule has 0 radical (unpaired) electrons. The van der Waals surface area contributed by atoms with Gasteiger partial charge >= 0.3 is 0 Å². The van der Waals surface area contributed by atoms with E-state index in [0.717, 1.165) is 0 Å². The van der Waals surface area contributed by atoms with Crippen molar-refractivity contribution in [1.82, 2.24) is 9.55 Å². The largest absolute Gasteiger partial charge is 0.321 e. The summed E-state index contributed by atoms with van der Waals surface area (Å²) in [6.07, 6.45) is 2.55. The van der Waals surface area contributed by atoms with Gasteiger partial charge in [0, 0.05) is 13.0 Å². The fourth-order valence-corrected chi connectivity index (χ4v) is 1.08. The highest BCUT2D eigenvalue weighted by molar-refractivity contribution is 5.35. The number of nitriles is 3. The van der Waals surface area contributed by atoms with Crippen LogP contribution in [0.1, 0.15) is 24.2 Å². The molecule has 0 aromatic carbocycles. The van der Waals surface area contributed by atoms with Crippen LogP contribution < -0.4 is 0 Å². The molecule has 0 aliphatic carbocycles. The lowest BCUT2D eigenvalue weighted by Gasteiger charge is -1.99. The van der Waals surface area contributed by atoms with Gasteiger partial charge in [-0.05, 0) is 6.42 Å². The van der Waals surface area contributed by atoms with Gasteiger partial charge in [0.1, 0.15) is 12.1 Å². The van der Waals surface area contributed by atoms with Gasteiger partial charge in [-0.2, -0.15) is 15.8 Å². The van der Waals surface area contributed by atoms with Crippen LogP contribution in [0.15, 0.2) is 6.33 Å². The van der Waals surface area contributed by atoms with Crippen LogP contribution in [0, 0.1) is 34.0 Å². The van der Waals surface area contributed by atoms with E-state index in [1.54, 1.807) is 4.57 Å². The minimum Gasteiger partial charge on any atom is -0.321 e. The summed E-state index contributed by atoms with van der Waals surface area (Å²) in [6.45, 7) is 0.547. The Labute approximate surface area is 81.4 Å². The van der Waals surface area contributed by atoms with E-state index in [1.807, 2.05) is 18.2 Å². The van der Waals surface area contributed by atoms with Crippen LogP contribution in [0.4, 0.5) is 0 Å². The zero-order valence-corrected chi connectivity index (χ0v) is 7.43. The molecule has 0 unspecified atom stereocenters. The maximum atomic E-state index is 8.75. The highest BCUT2D eigenvalue weighted by Crippen LogP contribution is 2.06. The Bertz CT molecular complexity index is 437. The molecule has 14 heavy (non-hydrogen) atoms. The van der Waals surface area contributed by atoms with Gasteiger partial charge in [0.2, 0.25) is 0 Å². The quantitative estimate of drug-likeness (QED) is 0.655. The van der Waals surface area contributed by atoms with Crippen molar-refractivity contribution in [2.45, 2.75) is 19.4 Å². The Hall–Kier alpha value is -2.32. The maximum absolute atomic E-state index is 8.75. The third-order valence-corrected chi connectivity index (χ3v) is 1.74. The van der Waals surface area contributed by atoms with Crippen LogP contribution in [-0.2, 0) is 6.54 Å². The second-order valence-electron chi connectivity index (χ2n) is 2.62. The highest BCUT2D eigenvalue weighted by atomic mass is 15.1. The summed E-state index contributed by atoms with van der Waals surface area (Å²) in [6, 6.07) is 5.77. The first-order valence-electron chi connectivity index (χ1n) is 4.05. The van der Waals surface area contributed by atoms with E-state index in [0.29, 0.717) is 19.4 Å². The summed E-state index contributed by atoms with van der Waals surface area (Å²) in [4.78, 5) is 3.78.